The second-order valence-electron chi connectivity index (χ2n) is 4.20. The first-order valence-corrected chi connectivity index (χ1v) is 6.37. The van der Waals surface area contributed by atoms with Crippen LogP contribution >= 0.6 is 0 Å². The highest BCUT2D eigenvalue weighted by atomic mass is 19.1. The first-order valence-electron chi connectivity index (χ1n) is 6.37. The van der Waals surface area contributed by atoms with Gasteiger partial charge in [-0.15, -0.1) is 0 Å². The molecule has 21 heavy (non-hydrogen) atoms. The maximum Gasteiger partial charge on any atom is 0.254 e. The van der Waals surface area contributed by atoms with E-state index >= 15 is 0 Å². The Labute approximate surface area is 122 Å². The van der Waals surface area contributed by atoms with Gasteiger partial charge in [0.2, 0.25) is 0 Å². The molecule has 0 aliphatic heterocycles. The maximum absolute atomic E-state index is 13.9. The summed E-state index contributed by atoms with van der Waals surface area (Å²) in [4.78, 5) is 16.0. The van der Waals surface area contributed by atoms with Gasteiger partial charge in [0.1, 0.15) is 5.82 Å². The predicted octanol–water partition coefficient (Wildman–Crippen LogP) is 1.46. The Balaban J connectivity index is 2.05. The molecular weight excluding hydrogens is 269 g/mol. The maximum atomic E-state index is 13.9. The van der Waals surface area contributed by atoms with Crippen molar-refractivity contribution in [3.8, 4) is 11.8 Å². The van der Waals surface area contributed by atoms with Crippen molar-refractivity contribution < 1.29 is 9.18 Å². The van der Waals surface area contributed by atoms with E-state index < -0.39 is 11.7 Å². The summed E-state index contributed by atoms with van der Waals surface area (Å²) in [6.07, 6.45) is 1.63. The van der Waals surface area contributed by atoms with Crippen molar-refractivity contribution in [2.24, 2.45) is 5.73 Å². The number of hydrogen-bond acceptors (Lipinski definition) is 3. The zero-order valence-corrected chi connectivity index (χ0v) is 11.3. The van der Waals surface area contributed by atoms with Gasteiger partial charge in [-0.25, -0.2) is 4.39 Å². The van der Waals surface area contributed by atoms with E-state index in [1.165, 1.54) is 12.1 Å². The van der Waals surface area contributed by atoms with Crippen LogP contribution in [0.15, 0.2) is 42.6 Å². The molecule has 1 aromatic carbocycles. The number of rotatable bonds is 3. The number of nitrogens with one attached hydrogen (secondary N) is 1. The SMILES string of the molecule is NCC#Cc1ccc(C(=O)NCc2ccccn2)c(F)c1. The fourth-order valence-corrected chi connectivity index (χ4v) is 1.70. The second kappa shape index (κ2) is 7.17. The molecule has 1 amide bonds. The molecule has 0 atom stereocenters. The number of pyridine rings is 1. The van der Waals surface area contributed by atoms with Crippen molar-refractivity contribution >= 4 is 5.91 Å². The molecule has 0 aliphatic carbocycles. The molecule has 3 N–H and O–H groups in total. The Morgan fingerprint density at radius 1 is 1.33 bits per heavy atom. The van der Waals surface area contributed by atoms with E-state index in [4.69, 9.17) is 5.73 Å². The number of carbonyl (C=O) groups excluding carboxylic acids is 1. The van der Waals surface area contributed by atoms with Gasteiger partial charge in [-0.2, -0.15) is 0 Å². The standard InChI is InChI=1S/C16H14FN3O/c17-15-10-12(4-3-8-18)6-7-14(15)16(21)20-11-13-5-1-2-9-19-13/h1-2,5-7,9-10H,8,11,18H2,(H,20,21). The summed E-state index contributed by atoms with van der Waals surface area (Å²) in [5.74, 6) is 4.24. The van der Waals surface area contributed by atoms with Crippen molar-refractivity contribution in [2.45, 2.75) is 6.54 Å². The molecule has 4 nitrogen and oxygen atoms in total. The molecular formula is C16H14FN3O. The minimum Gasteiger partial charge on any atom is -0.346 e. The quantitative estimate of drug-likeness (QED) is 0.838. The molecule has 0 saturated carbocycles. The molecule has 0 fully saturated rings. The molecule has 2 rings (SSSR count). The van der Waals surface area contributed by atoms with Gasteiger partial charge in [0.05, 0.1) is 24.3 Å². The van der Waals surface area contributed by atoms with Crippen LogP contribution < -0.4 is 11.1 Å². The highest BCUT2D eigenvalue weighted by Gasteiger charge is 2.11. The Morgan fingerprint density at radius 2 is 2.19 bits per heavy atom. The summed E-state index contributed by atoms with van der Waals surface area (Å²) in [5, 5.41) is 2.62. The zero-order valence-electron chi connectivity index (χ0n) is 11.3. The largest absolute Gasteiger partial charge is 0.346 e. The lowest BCUT2D eigenvalue weighted by Crippen LogP contribution is -2.24. The Hall–Kier alpha value is -2.71. The van der Waals surface area contributed by atoms with E-state index in [1.54, 1.807) is 24.4 Å². The van der Waals surface area contributed by atoms with Gasteiger partial charge >= 0.3 is 0 Å². The summed E-state index contributed by atoms with van der Waals surface area (Å²) in [7, 11) is 0. The lowest BCUT2D eigenvalue weighted by molar-refractivity contribution is 0.0946. The van der Waals surface area contributed by atoms with Crippen LogP contribution in [-0.2, 0) is 6.54 Å². The topological polar surface area (TPSA) is 68.0 Å². The van der Waals surface area contributed by atoms with Crippen molar-refractivity contribution in [3.05, 3.63) is 65.2 Å². The van der Waals surface area contributed by atoms with Crippen LogP contribution in [-0.4, -0.2) is 17.4 Å². The number of halogens is 1. The van der Waals surface area contributed by atoms with Crippen LogP contribution in [0.1, 0.15) is 21.6 Å². The molecule has 0 radical (unpaired) electrons. The third-order valence-corrected chi connectivity index (χ3v) is 2.70. The molecule has 5 heteroatoms. The van der Waals surface area contributed by atoms with Crippen LogP contribution in [0.2, 0.25) is 0 Å². The number of benzene rings is 1. The van der Waals surface area contributed by atoms with Gasteiger partial charge in [-0.05, 0) is 30.3 Å². The summed E-state index contributed by atoms with van der Waals surface area (Å²) in [6, 6.07) is 9.59. The van der Waals surface area contributed by atoms with Crippen LogP contribution in [0.4, 0.5) is 4.39 Å². The molecule has 0 bridgehead atoms. The smallest absolute Gasteiger partial charge is 0.254 e. The third-order valence-electron chi connectivity index (χ3n) is 2.70. The third kappa shape index (κ3) is 4.13. The molecule has 1 heterocycles. The predicted molar refractivity (Wildman–Crippen MR) is 77.7 cm³/mol. The molecule has 0 aliphatic rings. The first-order chi connectivity index (χ1) is 10.2. The minimum atomic E-state index is -0.614. The summed E-state index contributed by atoms with van der Waals surface area (Å²) in [6.45, 7) is 0.446. The minimum absolute atomic E-state index is 0.0239. The van der Waals surface area contributed by atoms with E-state index in [2.05, 4.69) is 22.1 Å². The number of nitrogens with two attached hydrogens (primary N) is 1. The van der Waals surface area contributed by atoms with Gasteiger partial charge in [0.15, 0.2) is 0 Å². The van der Waals surface area contributed by atoms with Crippen LogP contribution in [0, 0.1) is 17.7 Å². The number of hydrogen-bond donors (Lipinski definition) is 2. The number of aromatic nitrogens is 1. The monoisotopic (exact) mass is 283 g/mol. The fraction of sp³-hybridized carbons (Fsp3) is 0.125. The highest BCUT2D eigenvalue weighted by Crippen LogP contribution is 2.10. The van der Waals surface area contributed by atoms with E-state index in [-0.39, 0.29) is 18.7 Å². The van der Waals surface area contributed by atoms with Crippen LogP contribution in [0.25, 0.3) is 0 Å². The lowest BCUT2D eigenvalue weighted by Gasteiger charge is -2.06. The molecule has 2 aromatic rings. The van der Waals surface area contributed by atoms with E-state index in [1.807, 2.05) is 6.07 Å². The number of carbonyl (C=O) groups is 1. The molecule has 1 aromatic heterocycles. The van der Waals surface area contributed by atoms with Crippen LogP contribution in [0.5, 0.6) is 0 Å². The Kier molecular flexibility index (Phi) is 5.02. The van der Waals surface area contributed by atoms with Crippen molar-refractivity contribution in [3.63, 3.8) is 0 Å². The summed E-state index contributed by atoms with van der Waals surface area (Å²) >= 11 is 0. The normalized spacial score (nSPS) is 9.62. The van der Waals surface area contributed by atoms with Crippen molar-refractivity contribution in [1.29, 1.82) is 0 Å². The van der Waals surface area contributed by atoms with E-state index in [9.17, 15) is 9.18 Å². The number of nitrogens with zero attached hydrogens (tertiary/aromatic N) is 1. The van der Waals surface area contributed by atoms with E-state index in [0.29, 0.717) is 11.3 Å². The molecule has 0 spiro atoms. The van der Waals surface area contributed by atoms with Gasteiger partial charge in [0, 0.05) is 11.8 Å². The molecule has 0 saturated heterocycles. The average Bonchev–Trinajstić information content (AvgIpc) is 2.51. The van der Waals surface area contributed by atoms with Gasteiger partial charge in [0.25, 0.3) is 5.91 Å². The van der Waals surface area contributed by atoms with E-state index in [0.717, 1.165) is 0 Å². The lowest BCUT2D eigenvalue weighted by atomic mass is 10.1. The second-order valence-corrected chi connectivity index (χ2v) is 4.20. The van der Waals surface area contributed by atoms with Crippen molar-refractivity contribution in [2.75, 3.05) is 6.54 Å². The highest BCUT2D eigenvalue weighted by molar-refractivity contribution is 5.94. The first kappa shape index (κ1) is 14.7. The molecule has 106 valence electrons. The summed E-state index contributed by atoms with van der Waals surface area (Å²) in [5.41, 5.74) is 6.42. The average molecular weight is 283 g/mol. The fourth-order valence-electron chi connectivity index (χ4n) is 1.70. The Bertz CT molecular complexity index is 690. The summed E-state index contributed by atoms with van der Waals surface area (Å²) < 4.78 is 13.9. The Morgan fingerprint density at radius 3 is 2.86 bits per heavy atom. The van der Waals surface area contributed by atoms with Gasteiger partial charge in [-0.1, -0.05) is 17.9 Å². The number of amides is 1. The van der Waals surface area contributed by atoms with Crippen LogP contribution in [0.3, 0.4) is 0 Å². The van der Waals surface area contributed by atoms with Gasteiger partial charge < -0.3 is 11.1 Å². The molecule has 0 unspecified atom stereocenters. The van der Waals surface area contributed by atoms with Gasteiger partial charge in [-0.3, -0.25) is 9.78 Å². The van der Waals surface area contributed by atoms with Crippen molar-refractivity contribution in [1.82, 2.24) is 10.3 Å². The zero-order chi connectivity index (χ0) is 15.1.